The number of hydrogen-bond acceptors (Lipinski definition) is 2. The molecular formula is C16H21N3O. The lowest BCUT2D eigenvalue weighted by atomic mass is 9.52. The zero-order valence-corrected chi connectivity index (χ0v) is 12.5. The second-order valence-corrected chi connectivity index (χ2v) is 6.92. The topological polar surface area (TPSA) is 42.4 Å². The summed E-state index contributed by atoms with van der Waals surface area (Å²) in [5.74, 6) is 0.318. The van der Waals surface area contributed by atoms with Gasteiger partial charge in [0.05, 0.1) is 18.9 Å². The largest absolute Gasteiger partial charge is 0.399 e. The summed E-state index contributed by atoms with van der Waals surface area (Å²) in [4.78, 5) is 3.58. The van der Waals surface area contributed by atoms with Gasteiger partial charge in [-0.1, -0.05) is 26.8 Å². The predicted molar refractivity (Wildman–Crippen MR) is 76.8 cm³/mol. The first-order valence-electron chi connectivity index (χ1n) is 7.12. The molecule has 0 aliphatic heterocycles. The molecular weight excluding hydrogens is 250 g/mol. The van der Waals surface area contributed by atoms with E-state index in [1.54, 1.807) is 0 Å². The van der Waals surface area contributed by atoms with Crippen molar-refractivity contribution in [1.82, 2.24) is 9.78 Å². The Morgan fingerprint density at radius 3 is 2.80 bits per heavy atom. The fourth-order valence-electron chi connectivity index (χ4n) is 4.49. The molecule has 1 heterocycles. The second kappa shape index (κ2) is 3.95. The smallest absolute Gasteiger partial charge is 0.191 e. The molecule has 106 valence electrons. The fraction of sp³-hybridized carbons (Fsp3) is 0.625. The van der Waals surface area contributed by atoms with Crippen LogP contribution in [0.1, 0.15) is 38.4 Å². The van der Waals surface area contributed by atoms with Gasteiger partial charge in [0.2, 0.25) is 0 Å². The van der Waals surface area contributed by atoms with E-state index in [0.29, 0.717) is 11.6 Å². The van der Waals surface area contributed by atoms with Gasteiger partial charge in [0.25, 0.3) is 0 Å². The summed E-state index contributed by atoms with van der Waals surface area (Å²) >= 11 is 0. The number of aromatic nitrogens is 2. The summed E-state index contributed by atoms with van der Waals surface area (Å²) in [6.07, 6.45) is 5.29. The Hall–Kier alpha value is -1.60. The Labute approximate surface area is 119 Å². The Morgan fingerprint density at radius 1 is 1.45 bits per heavy atom. The number of aliphatic hydroxyl groups excluding tert-OH is 1. The monoisotopic (exact) mass is 271 g/mol. The first-order valence-corrected chi connectivity index (χ1v) is 7.12. The highest BCUT2D eigenvalue weighted by molar-refractivity contribution is 5.42. The van der Waals surface area contributed by atoms with Crippen LogP contribution in [0.2, 0.25) is 0 Å². The van der Waals surface area contributed by atoms with E-state index in [0.717, 1.165) is 12.8 Å². The third-order valence-electron chi connectivity index (χ3n) is 5.41. The van der Waals surface area contributed by atoms with Gasteiger partial charge in [0.15, 0.2) is 5.70 Å². The van der Waals surface area contributed by atoms with E-state index in [2.05, 4.69) is 30.7 Å². The molecule has 4 heteroatoms. The summed E-state index contributed by atoms with van der Waals surface area (Å²) < 4.78 is 1.94. The standard InChI is InChI=1S/C16H21N3O/c1-15(2)12-7-6-10-9-18-19(5)13(10)16(12,3)8-11(17-4)14(15)20/h8-9,12,14,20H,6-7H2,1-3,5H3/t12-,14?,16-/m0/s1. The molecule has 2 aliphatic carbocycles. The van der Waals surface area contributed by atoms with Crippen molar-refractivity contribution < 1.29 is 5.11 Å². The molecule has 0 aromatic carbocycles. The lowest BCUT2D eigenvalue weighted by Gasteiger charge is -2.53. The molecule has 4 nitrogen and oxygen atoms in total. The van der Waals surface area contributed by atoms with Crippen molar-refractivity contribution in [3.05, 3.63) is 40.6 Å². The highest BCUT2D eigenvalue weighted by atomic mass is 16.3. The highest BCUT2D eigenvalue weighted by Crippen LogP contribution is 2.55. The van der Waals surface area contributed by atoms with Crippen molar-refractivity contribution in [3.63, 3.8) is 0 Å². The minimum absolute atomic E-state index is 0.221. The van der Waals surface area contributed by atoms with Crippen LogP contribution >= 0.6 is 0 Å². The number of hydrogen-bond donors (Lipinski definition) is 1. The first-order chi connectivity index (χ1) is 9.32. The van der Waals surface area contributed by atoms with Gasteiger partial charge in [0.1, 0.15) is 0 Å². The summed E-state index contributed by atoms with van der Waals surface area (Å²) in [5.41, 5.74) is 2.43. The van der Waals surface area contributed by atoms with Gasteiger partial charge in [-0.2, -0.15) is 5.10 Å². The third-order valence-corrected chi connectivity index (χ3v) is 5.41. The molecule has 1 N–H and O–H groups in total. The number of allylic oxidation sites excluding steroid dienone is 1. The van der Waals surface area contributed by atoms with Crippen molar-refractivity contribution >= 4 is 0 Å². The van der Waals surface area contributed by atoms with Crippen LogP contribution in [0.15, 0.2) is 18.0 Å². The van der Waals surface area contributed by atoms with Gasteiger partial charge >= 0.3 is 0 Å². The SMILES string of the molecule is [C-]#[N+]C1=C[C@]2(C)c3c(cnn3C)CC[C@H]2C(C)(C)C1O. The minimum atomic E-state index is -0.673. The molecule has 0 bridgehead atoms. The molecule has 0 radical (unpaired) electrons. The van der Waals surface area contributed by atoms with E-state index in [1.807, 2.05) is 24.0 Å². The zero-order valence-electron chi connectivity index (χ0n) is 12.5. The van der Waals surface area contributed by atoms with Gasteiger partial charge in [-0.3, -0.25) is 4.68 Å². The zero-order chi connectivity index (χ0) is 14.7. The number of aliphatic hydroxyl groups is 1. The molecule has 20 heavy (non-hydrogen) atoms. The maximum atomic E-state index is 10.5. The fourth-order valence-corrected chi connectivity index (χ4v) is 4.49. The van der Waals surface area contributed by atoms with E-state index in [-0.39, 0.29) is 10.8 Å². The molecule has 1 aromatic heterocycles. The number of aryl methyl sites for hydroxylation is 2. The quantitative estimate of drug-likeness (QED) is 0.736. The van der Waals surface area contributed by atoms with Crippen molar-refractivity contribution in [2.75, 3.05) is 0 Å². The van der Waals surface area contributed by atoms with E-state index < -0.39 is 6.10 Å². The van der Waals surface area contributed by atoms with Crippen molar-refractivity contribution in [3.8, 4) is 0 Å². The third kappa shape index (κ3) is 1.47. The average molecular weight is 271 g/mol. The van der Waals surface area contributed by atoms with Crippen LogP contribution in [-0.4, -0.2) is 21.0 Å². The van der Waals surface area contributed by atoms with Crippen LogP contribution in [0.3, 0.4) is 0 Å². The average Bonchev–Trinajstić information content (AvgIpc) is 2.77. The van der Waals surface area contributed by atoms with Gasteiger partial charge in [-0.25, -0.2) is 4.85 Å². The van der Waals surface area contributed by atoms with Crippen LogP contribution < -0.4 is 0 Å². The Bertz CT molecular complexity index is 635. The Balaban J connectivity index is 2.28. The van der Waals surface area contributed by atoms with Crippen LogP contribution in [0, 0.1) is 17.9 Å². The van der Waals surface area contributed by atoms with Crippen LogP contribution in [0.5, 0.6) is 0 Å². The molecule has 0 saturated carbocycles. The van der Waals surface area contributed by atoms with Gasteiger partial charge in [0, 0.05) is 18.2 Å². The lowest BCUT2D eigenvalue weighted by molar-refractivity contribution is -0.0118. The molecule has 0 fully saturated rings. The van der Waals surface area contributed by atoms with Crippen molar-refractivity contribution in [2.45, 2.75) is 45.1 Å². The molecule has 0 saturated heterocycles. The molecule has 2 aliphatic rings. The number of rotatable bonds is 0. The second-order valence-electron chi connectivity index (χ2n) is 6.92. The summed E-state index contributed by atoms with van der Waals surface area (Å²) in [6.45, 7) is 13.7. The molecule has 0 spiro atoms. The number of nitrogens with zero attached hydrogens (tertiary/aromatic N) is 3. The molecule has 1 aromatic rings. The first kappa shape index (κ1) is 13.4. The maximum absolute atomic E-state index is 10.5. The highest BCUT2D eigenvalue weighted by Gasteiger charge is 2.54. The summed E-state index contributed by atoms with van der Waals surface area (Å²) in [6, 6.07) is 0. The molecule has 3 rings (SSSR count). The van der Waals surface area contributed by atoms with Crippen LogP contribution in [-0.2, 0) is 18.9 Å². The lowest BCUT2D eigenvalue weighted by Crippen LogP contribution is -2.53. The molecule has 1 unspecified atom stereocenters. The normalized spacial score (nSPS) is 34.7. The van der Waals surface area contributed by atoms with Crippen LogP contribution in [0.25, 0.3) is 4.85 Å². The molecule has 3 atom stereocenters. The summed E-state index contributed by atoms with van der Waals surface area (Å²) in [7, 11) is 1.97. The van der Waals surface area contributed by atoms with Crippen molar-refractivity contribution in [2.24, 2.45) is 18.4 Å². The maximum Gasteiger partial charge on any atom is 0.191 e. The van der Waals surface area contributed by atoms with E-state index >= 15 is 0 Å². The van der Waals surface area contributed by atoms with Gasteiger partial charge in [-0.05, 0) is 29.7 Å². The Kier molecular flexibility index (Phi) is 2.65. The Morgan fingerprint density at radius 2 is 2.15 bits per heavy atom. The summed E-state index contributed by atoms with van der Waals surface area (Å²) in [5, 5.41) is 14.9. The number of fused-ring (bicyclic) bond motifs is 3. The van der Waals surface area contributed by atoms with Gasteiger partial charge in [-0.15, -0.1) is 0 Å². The van der Waals surface area contributed by atoms with E-state index in [4.69, 9.17) is 6.57 Å². The molecule has 0 amide bonds. The van der Waals surface area contributed by atoms with Crippen molar-refractivity contribution in [1.29, 1.82) is 0 Å². The van der Waals surface area contributed by atoms with E-state index in [1.165, 1.54) is 11.3 Å². The predicted octanol–water partition coefficient (Wildman–Crippen LogP) is 2.44. The van der Waals surface area contributed by atoms with E-state index in [9.17, 15) is 5.11 Å². The van der Waals surface area contributed by atoms with Crippen LogP contribution in [0.4, 0.5) is 0 Å². The minimum Gasteiger partial charge on any atom is -0.399 e. The van der Waals surface area contributed by atoms with Gasteiger partial charge < -0.3 is 5.11 Å².